The maximum atomic E-state index is 10.7. The molecule has 0 aliphatic rings. The Bertz CT molecular complexity index is 352. The monoisotopic (exact) mass is 255 g/mol. The largest absolute Gasteiger partial charge is 0.380 e. The number of ketones is 1. The van der Waals surface area contributed by atoms with Crippen LogP contribution in [0.5, 0.6) is 0 Å². The van der Waals surface area contributed by atoms with Crippen molar-refractivity contribution >= 4 is 5.78 Å². The number of carbonyl (C=O) groups excluding carboxylic acids is 1. The lowest BCUT2D eigenvalue weighted by molar-refractivity contribution is -0.117. The summed E-state index contributed by atoms with van der Waals surface area (Å²) in [6, 6.07) is 0. The van der Waals surface area contributed by atoms with Gasteiger partial charge in [-0.15, -0.1) is 5.10 Å². The number of carbonyl (C=O) groups is 1. The zero-order valence-electron chi connectivity index (χ0n) is 11.1. The van der Waals surface area contributed by atoms with Crippen LogP contribution < -0.4 is 0 Å². The molecule has 0 bridgehead atoms. The standard InChI is InChI=1S/C12H21N3O3/c1-3-17-8-6-15-9-12(13-14-15)10-18-7-4-5-11(2)16/h9H,3-8,10H2,1-2H3. The summed E-state index contributed by atoms with van der Waals surface area (Å²) in [6.45, 7) is 6.61. The molecule has 0 spiro atoms. The molecule has 0 N–H and O–H groups in total. The second-order valence-corrected chi connectivity index (χ2v) is 4.03. The number of nitrogens with zero attached hydrogens (tertiary/aromatic N) is 3. The van der Waals surface area contributed by atoms with Crippen molar-refractivity contribution < 1.29 is 14.3 Å². The van der Waals surface area contributed by atoms with Gasteiger partial charge in [0.15, 0.2) is 0 Å². The summed E-state index contributed by atoms with van der Waals surface area (Å²) in [5, 5.41) is 7.96. The molecular weight excluding hydrogens is 234 g/mol. The minimum atomic E-state index is 0.195. The number of Topliss-reactive ketones (excluding diaryl/α,β-unsaturated/α-hetero) is 1. The van der Waals surface area contributed by atoms with E-state index >= 15 is 0 Å². The molecule has 102 valence electrons. The predicted octanol–water partition coefficient (Wildman–Crippen LogP) is 1.20. The fourth-order valence-electron chi connectivity index (χ4n) is 1.42. The Labute approximate surface area is 107 Å². The minimum Gasteiger partial charge on any atom is -0.380 e. The smallest absolute Gasteiger partial charge is 0.129 e. The summed E-state index contributed by atoms with van der Waals surface area (Å²) in [5.74, 6) is 0.195. The summed E-state index contributed by atoms with van der Waals surface area (Å²) >= 11 is 0. The maximum absolute atomic E-state index is 10.7. The number of hydrogen-bond donors (Lipinski definition) is 0. The van der Waals surface area contributed by atoms with Crippen LogP contribution in [0.25, 0.3) is 0 Å². The second-order valence-electron chi connectivity index (χ2n) is 4.03. The van der Waals surface area contributed by atoms with Gasteiger partial charge in [-0.1, -0.05) is 5.21 Å². The summed E-state index contributed by atoms with van der Waals surface area (Å²) in [4.78, 5) is 10.7. The number of rotatable bonds is 10. The molecule has 6 nitrogen and oxygen atoms in total. The molecular formula is C12H21N3O3. The molecule has 6 heteroatoms. The van der Waals surface area contributed by atoms with E-state index in [1.807, 2.05) is 13.1 Å². The van der Waals surface area contributed by atoms with E-state index in [1.165, 1.54) is 0 Å². The Kier molecular flexibility index (Phi) is 7.20. The first kappa shape index (κ1) is 14.8. The van der Waals surface area contributed by atoms with Crippen LogP contribution in [0.2, 0.25) is 0 Å². The van der Waals surface area contributed by atoms with E-state index in [9.17, 15) is 4.79 Å². The molecule has 0 fully saturated rings. The van der Waals surface area contributed by atoms with Gasteiger partial charge in [0.05, 0.1) is 26.0 Å². The lowest BCUT2D eigenvalue weighted by Crippen LogP contribution is -2.06. The molecule has 1 aromatic heterocycles. The molecule has 0 aliphatic heterocycles. The van der Waals surface area contributed by atoms with Gasteiger partial charge in [0, 0.05) is 19.6 Å². The molecule has 0 amide bonds. The molecule has 0 aliphatic carbocycles. The quantitative estimate of drug-likeness (QED) is 0.588. The highest BCUT2D eigenvalue weighted by Gasteiger charge is 2.01. The maximum Gasteiger partial charge on any atom is 0.129 e. The van der Waals surface area contributed by atoms with E-state index < -0.39 is 0 Å². The molecule has 0 saturated carbocycles. The van der Waals surface area contributed by atoms with Gasteiger partial charge in [-0.05, 0) is 20.3 Å². The first-order valence-corrected chi connectivity index (χ1v) is 6.26. The Morgan fingerprint density at radius 1 is 1.39 bits per heavy atom. The van der Waals surface area contributed by atoms with E-state index in [4.69, 9.17) is 9.47 Å². The van der Waals surface area contributed by atoms with Crippen LogP contribution in [-0.2, 0) is 27.4 Å². The third-order valence-electron chi connectivity index (χ3n) is 2.32. The van der Waals surface area contributed by atoms with Gasteiger partial charge in [0.1, 0.15) is 11.5 Å². The summed E-state index contributed by atoms with van der Waals surface area (Å²) in [5.41, 5.74) is 0.800. The highest BCUT2D eigenvalue weighted by atomic mass is 16.5. The molecule has 0 saturated heterocycles. The van der Waals surface area contributed by atoms with Crippen LogP contribution in [0.1, 0.15) is 32.4 Å². The van der Waals surface area contributed by atoms with Crippen molar-refractivity contribution in [1.82, 2.24) is 15.0 Å². The number of aromatic nitrogens is 3. The molecule has 0 aromatic carbocycles. The van der Waals surface area contributed by atoms with Gasteiger partial charge in [0.2, 0.25) is 0 Å². The van der Waals surface area contributed by atoms with Crippen molar-refractivity contribution in [3.05, 3.63) is 11.9 Å². The highest BCUT2D eigenvalue weighted by molar-refractivity contribution is 5.75. The topological polar surface area (TPSA) is 66.2 Å². The Balaban J connectivity index is 2.13. The molecule has 18 heavy (non-hydrogen) atoms. The van der Waals surface area contributed by atoms with Crippen LogP contribution in [-0.4, -0.2) is 40.6 Å². The summed E-state index contributed by atoms with van der Waals surface area (Å²) in [7, 11) is 0. The van der Waals surface area contributed by atoms with Crippen molar-refractivity contribution in [2.75, 3.05) is 19.8 Å². The minimum absolute atomic E-state index is 0.195. The van der Waals surface area contributed by atoms with Crippen molar-refractivity contribution in [1.29, 1.82) is 0 Å². The Hall–Kier alpha value is -1.27. The van der Waals surface area contributed by atoms with Crippen LogP contribution in [0.15, 0.2) is 6.20 Å². The van der Waals surface area contributed by atoms with Crippen molar-refractivity contribution in [2.24, 2.45) is 0 Å². The zero-order chi connectivity index (χ0) is 13.2. The average Bonchev–Trinajstić information content (AvgIpc) is 2.77. The number of hydrogen-bond acceptors (Lipinski definition) is 5. The normalized spacial score (nSPS) is 10.8. The lowest BCUT2D eigenvalue weighted by Gasteiger charge is -2.00. The van der Waals surface area contributed by atoms with Crippen LogP contribution in [0.3, 0.4) is 0 Å². The summed E-state index contributed by atoms with van der Waals surface area (Å²) in [6.07, 6.45) is 3.18. The Morgan fingerprint density at radius 3 is 2.94 bits per heavy atom. The van der Waals surface area contributed by atoms with Gasteiger partial charge < -0.3 is 14.3 Å². The SMILES string of the molecule is CCOCCn1cc(COCCCC(C)=O)nn1. The molecule has 1 heterocycles. The fourth-order valence-corrected chi connectivity index (χ4v) is 1.42. The Morgan fingerprint density at radius 2 is 2.22 bits per heavy atom. The van der Waals surface area contributed by atoms with Crippen molar-refractivity contribution in [3.8, 4) is 0 Å². The van der Waals surface area contributed by atoms with Crippen LogP contribution in [0, 0.1) is 0 Å². The van der Waals surface area contributed by atoms with E-state index in [-0.39, 0.29) is 5.78 Å². The first-order chi connectivity index (χ1) is 8.72. The summed E-state index contributed by atoms with van der Waals surface area (Å²) < 4.78 is 12.4. The van der Waals surface area contributed by atoms with Gasteiger partial charge in [-0.3, -0.25) is 0 Å². The van der Waals surface area contributed by atoms with Gasteiger partial charge in [-0.25, -0.2) is 4.68 Å². The van der Waals surface area contributed by atoms with Crippen molar-refractivity contribution in [3.63, 3.8) is 0 Å². The van der Waals surface area contributed by atoms with E-state index in [2.05, 4.69) is 10.3 Å². The van der Waals surface area contributed by atoms with Gasteiger partial charge in [0.25, 0.3) is 0 Å². The van der Waals surface area contributed by atoms with E-state index in [0.717, 1.165) is 12.1 Å². The second kappa shape index (κ2) is 8.77. The molecule has 0 radical (unpaired) electrons. The average molecular weight is 255 g/mol. The highest BCUT2D eigenvalue weighted by Crippen LogP contribution is 1.98. The zero-order valence-corrected chi connectivity index (χ0v) is 11.1. The van der Waals surface area contributed by atoms with Gasteiger partial charge in [-0.2, -0.15) is 0 Å². The third kappa shape index (κ3) is 6.46. The molecule has 1 aromatic rings. The molecule has 1 rings (SSSR count). The lowest BCUT2D eigenvalue weighted by atomic mass is 10.2. The fraction of sp³-hybridized carbons (Fsp3) is 0.750. The molecule has 0 unspecified atom stereocenters. The molecule has 0 atom stereocenters. The van der Waals surface area contributed by atoms with Crippen molar-refractivity contribution in [2.45, 2.75) is 39.8 Å². The van der Waals surface area contributed by atoms with Crippen LogP contribution in [0.4, 0.5) is 0 Å². The van der Waals surface area contributed by atoms with Crippen LogP contribution >= 0.6 is 0 Å². The van der Waals surface area contributed by atoms with E-state index in [1.54, 1.807) is 11.6 Å². The van der Waals surface area contributed by atoms with E-state index in [0.29, 0.717) is 39.4 Å². The predicted molar refractivity (Wildman–Crippen MR) is 66.1 cm³/mol. The van der Waals surface area contributed by atoms with Gasteiger partial charge >= 0.3 is 0 Å². The first-order valence-electron chi connectivity index (χ1n) is 6.26. The number of ether oxygens (including phenoxy) is 2. The third-order valence-corrected chi connectivity index (χ3v) is 2.32.